The van der Waals surface area contributed by atoms with Crippen LogP contribution in [0.2, 0.25) is 5.02 Å². The zero-order chi connectivity index (χ0) is 13.5. The van der Waals surface area contributed by atoms with E-state index in [0.717, 1.165) is 35.6 Å². The summed E-state index contributed by atoms with van der Waals surface area (Å²) in [4.78, 5) is 4.57. The third kappa shape index (κ3) is 5.11. The number of rotatable bonds is 6. The molecule has 1 aromatic carbocycles. The van der Waals surface area contributed by atoms with Crippen LogP contribution >= 0.6 is 11.6 Å². The molecule has 0 aliphatic heterocycles. The van der Waals surface area contributed by atoms with Crippen molar-refractivity contribution in [1.82, 2.24) is 10.6 Å². The molecule has 1 aromatic rings. The van der Waals surface area contributed by atoms with Crippen molar-refractivity contribution in [2.24, 2.45) is 10.9 Å². The highest BCUT2D eigenvalue weighted by Crippen LogP contribution is 2.31. The number of guanidine groups is 1. The Morgan fingerprint density at radius 1 is 1.32 bits per heavy atom. The zero-order valence-corrected chi connectivity index (χ0v) is 12.2. The molecule has 0 aromatic heterocycles. The van der Waals surface area contributed by atoms with E-state index in [1.165, 1.54) is 19.3 Å². The molecule has 0 heterocycles. The lowest BCUT2D eigenvalue weighted by molar-refractivity contribution is 0.685. The van der Waals surface area contributed by atoms with E-state index in [1.54, 1.807) is 0 Å². The molecule has 0 saturated heterocycles. The number of nitrogens with zero attached hydrogens (tertiary/aromatic N) is 1. The molecule has 0 unspecified atom stereocenters. The van der Waals surface area contributed by atoms with Gasteiger partial charge >= 0.3 is 0 Å². The van der Waals surface area contributed by atoms with Gasteiger partial charge in [-0.1, -0.05) is 42.6 Å². The predicted molar refractivity (Wildman–Crippen MR) is 81.6 cm³/mol. The van der Waals surface area contributed by atoms with Gasteiger partial charge in [-0.3, -0.25) is 0 Å². The fraction of sp³-hybridized carbons (Fsp3) is 0.533. The molecule has 0 bridgehead atoms. The Kier molecular flexibility index (Phi) is 5.52. The van der Waals surface area contributed by atoms with Crippen LogP contribution in [0, 0.1) is 5.92 Å². The van der Waals surface area contributed by atoms with Crippen LogP contribution in [-0.4, -0.2) is 19.0 Å². The van der Waals surface area contributed by atoms with Crippen LogP contribution in [0.1, 0.15) is 31.7 Å². The average Bonchev–Trinajstić information content (AvgIpc) is 3.22. The Bertz CT molecular complexity index is 427. The summed E-state index contributed by atoms with van der Waals surface area (Å²) in [6.45, 7) is 4.56. The van der Waals surface area contributed by atoms with Gasteiger partial charge in [-0.15, -0.1) is 0 Å². The monoisotopic (exact) mass is 279 g/mol. The summed E-state index contributed by atoms with van der Waals surface area (Å²) in [5, 5.41) is 7.42. The first kappa shape index (κ1) is 14.2. The minimum Gasteiger partial charge on any atom is -0.357 e. The number of hydrogen-bond donors (Lipinski definition) is 2. The molecule has 1 fully saturated rings. The van der Waals surface area contributed by atoms with Crippen LogP contribution in [0.4, 0.5) is 0 Å². The molecule has 1 saturated carbocycles. The molecule has 2 N–H and O–H groups in total. The summed E-state index contributed by atoms with van der Waals surface area (Å²) in [5.41, 5.74) is 1.06. The van der Waals surface area contributed by atoms with Gasteiger partial charge in [-0.25, -0.2) is 4.99 Å². The lowest BCUT2D eigenvalue weighted by Gasteiger charge is -2.11. The summed E-state index contributed by atoms with van der Waals surface area (Å²) >= 11 is 6.13. The van der Waals surface area contributed by atoms with Crippen molar-refractivity contribution in [1.29, 1.82) is 0 Å². The summed E-state index contributed by atoms with van der Waals surface area (Å²) in [5.74, 6) is 1.82. The Balaban J connectivity index is 1.85. The second-order valence-corrected chi connectivity index (χ2v) is 5.35. The Hall–Kier alpha value is -1.22. The van der Waals surface area contributed by atoms with Crippen molar-refractivity contribution in [3.63, 3.8) is 0 Å². The van der Waals surface area contributed by atoms with E-state index in [-0.39, 0.29) is 0 Å². The number of aliphatic imine (C=N–C) groups is 1. The van der Waals surface area contributed by atoms with E-state index in [9.17, 15) is 0 Å². The van der Waals surface area contributed by atoms with Crippen LogP contribution in [0.5, 0.6) is 0 Å². The lowest BCUT2D eigenvalue weighted by Crippen LogP contribution is -2.37. The fourth-order valence-corrected chi connectivity index (χ4v) is 2.13. The molecule has 0 spiro atoms. The summed E-state index contributed by atoms with van der Waals surface area (Å²) in [6.07, 6.45) is 4.04. The fourth-order valence-electron chi connectivity index (χ4n) is 1.93. The largest absolute Gasteiger partial charge is 0.357 e. The second kappa shape index (κ2) is 7.39. The van der Waals surface area contributed by atoms with Gasteiger partial charge in [0, 0.05) is 18.1 Å². The quantitative estimate of drug-likeness (QED) is 0.620. The minimum absolute atomic E-state index is 0.610. The van der Waals surface area contributed by atoms with Crippen molar-refractivity contribution in [2.75, 3.05) is 13.1 Å². The van der Waals surface area contributed by atoms with Gasteiger partial charge in [0.1, 0.15) is 0 Å². The normalized spacial score (nSPS) is 15.4. The van der Waals surface area contributed by atoms with Gasteiger partial charge in [0.2, 0.25) is 0 Å². The highest BCUT2D eigenvalue weighted by atomic mass is 35.5. The second-order valence-electron chi connectivity index (χ2n) is 4.95. The van der Waals surface area contributed by atoms with Crippen molar-refractivity contribution >= 4 is 17.6 Å². The first-order chi connectivity index (χ1) is 9.29. The molecule has 0 amide bonds. The van der Waals surface area contributed by atoms with Crippen molar-refractivity contribution in [3.05, 3.63) is 34.9 Å². The smallest absolute Gasteiger partial charge is 0.191 e. The van der Waals surface area contributed by atoms with Gasteiger partial charge < -0.3 is 10.6 Å². The molecule has 4 heteroatoms. The van der Waals surface area contributed by atoms with Gasteiger partial charge in [0.05, 0.1) is 6.54 Å². The highest BCUT2D eigenvalue weighted by molar-refractivity contribution is 6.31. The molecule has 19 heavy (non-hydrogen) atoms. The molecule has 104 valence electrons. The third-order valence-electron chi connectivity index (χ3n) is 3.25. The molecule has 0 radical (unpaired) electrons. The van der Waals surface area contributed by atoms with E-state index in [4.69, 9.17) is 11.6 Å². The van der Waals surface area contributed by atoms with Crippen LogP contribution in [0.25, 0.3) is 0 Å². The number of hydrogen-bond acceptors (Lipinski definition) is 1. The van der Waals surface area contributed by atoms with Crippen molar-refractivity contribution < 1.29 is 0 Å². The molecular weight excluding hydrogens is 258 g/mol. The maximum absolute atomic E-state index is 6.13. The standard InChI is InChI=1S/C15H22ClN3/c1-2-17-15(18-10-9-12-7-8-12)19-11-13-5-3-4-6-14(13)16/h3-6,12H,2,7-11H2,1H3,(H2,17,18,19). The van der Waals surface area contributed by atoms with Crippen LogP contribution < -0.4 is 10.6 Å². The first-order valence-corrected chi connectivity index (χ1v) is 7.43. The van der Waals surface area contributed by atoms with E-state index < -0.39 is 0 Å². The van der Waals surface area contributed by atoms with E-state index in [1.807, 2.05) is 24.3 Å². The van der Waals surface area contributed by atoms with E-state index in [2.05, 4.69) is 22.5 Å². The number of benzene rings is 1. The minimum atomic E-state index is 0.610. The van der Waals surface area contributed by atoms with Crippen LogP contribution in [0.3, 0.4) is 0 Å². The van der Waals surface area contributed by atoms with Crippen LogP contribution in [-0.2, 0) is 6.54 Å². The molecule has 0 atom stereocenters. The molecule has 2 rings (SSSR count). The molecular formula is C15H22ClN3. The summed E-state index contributed by atoms with van der Waals surface area (Å²) < 4.78 is 0. The lowest BCUT2D eigenvalue weighted by atomic mass is 10.2. The topological polar surface area (TPSA) is 36.4 Å². The molecule has 1 aliphatic rings. The third-order valence-corrected chi connectivity index (χ3v) is 3.62. The average molecular weight is 280 g/mol. The van der Waals surface area contributed by atoms with E-state index >= 15 is 0 Å². The first-order valence-electron chi connectivity index (χ1n) is 7.05. The highest BCUT2D eigenvalue weighted by Gasteiger charge is 2.20. The van der Waals surface area contributed by atoms with Gasteiger partial charge in [-0.05, 0) is 30.9 Å². The predicted octanol–water partition coefficient (Wildman–Crippen LogP) is 3.20. The number of nitrogens with one attached hydrogen (secondary N) is 2. The van der Waals surface area contributed by atoms with Gasteiger partial charge in [-0.2, -0.15) is 0 Å². The zero-order valence-electron chi connectivity index (χ0n) is 11.5. The Morgan fingerprint density at radius 2 is 2.11 bits per heavy atom. The van der Waals surface area contributed by atoms with Gasteiger partial charge in [0.25, 0.3) is 0 Å². The molecule has 1 aliphatic carbocycles. The summed E-state index contributed by atoms with van der Waals surface area (Å²) in [6, 6.07) is 7.85. The van der Waals surface area contributed by atoms with E-state index in [0.29, 0.717) is 6.54 Å². The maximum atomic E-state index is 6.13. The van der Waals surface area contributed by atoms with Crippen LogP contribution in [0.15, 0.2) is 29.3 Å². The number of halogens is 1. The molecule has 3 nitrogen and oxygen atoms in total. The summed E-state index contributed by atoms with van der Waals surface area (Å²) in [7, 11) is 0. The van der Waals surface area contributed by atoms with Gasteiger partial charge in [0.15, 0.2) is 5.96 Å². The Morgan fingerprint density at radius 3 is 2.79 bits per heavy atom. The Labute approximate surface area is 120 Å². The van der Waals surface area contributed by atoms with Crippen molar-refractivity contribution in [2.45, 2.75) is 32.7 Å². The van der Waals surface area contributed by atoms with Crippen molar-refractivity contribution in [3.8, 4) is 0 Å². The SMILES string of the molecule is CCNC(=NCc1ccccc1Cl)NCCC1CC1. The maximum Gasteiger partial charge on any atom is 0.191 e.